The molecule has 6 heterocycles. The molecule has 2 aromatic carbocycles. The number of likely N-dealkylation sites (tertiary alicyclic amines) is 2. The maximum atomic E-state index is 13.8. The summed E-state index contributed by atoms with van der Waals surface area (Å²) in [6, 6.07) is 6.63. The number of nitrogens with one attached hydrogen (secondary N) is 4. The normalized spacial score (nSPS) is 19.6. The number of aromatic nitrogens is 4. The number of H-pyrrole nitrogens is 2. The lowest BCUT2D eigenvalue weighted by Crippen LogP contribution is -2.52. The quantitative estimate of drug-likeness (QED) is 0.130. The standard InChI is InChI=1S/C42H52N8O8/c1-22(2)36(48-42(53)56-6)40(51)49-11-7-9-30(49)38-43-17-28(46-38)24-13-26-19-58-33-16-25(14-27-20-57-32(15-24)34(26)35(27)33)29-18-44-39(47-29)31-10-8-12-50(31)41(52)37(23(3)55-5)45-21-54-4/h13-18,22-23,30-31,36-37,45H,7-12,19-21H2,1-6H3,(H,43,46)(H,44,47)(H,48,53)/t23-,30+,31+,36+,37+/m1/s1. The van der Waals surface area contributed by atoms with E-state index in [1.165, 1.54) is 7.11 Å². The molecule has 5 atom stereocenters. The fourth-order valence-corrected chi connectivity index (χ4v) is 8.75. The molecule has 8 rings (SSSR count). The molecule has 16 nitrogen and oxygen atoms in total. The van der Waals surface area contributed by atoms with Gasteiger partial charge in [-0.25, -0.2) is 14.8 Å². The Balaban J connectivity index is 1.01. The van der Waals surface area contributed by atoms with Gasteiger partial charge in [-0.3, -0.25) is 14.9 Å². The molecule has 2 saturated heterocycles. The van der Waals surface area contributed by atoms with Gasteiger partial charge in [0.05, 0.1) is 55.8 Å². The molecule has 4 aliphatic rings. The molecule has 16 heteroatoms. The predicted octanol–water partition coefficient (Wildman–Crippen LogP) is 5.22. The van der Waals surface area contributed by atoms with Gasteiger partial charge in [0, 0.05) is 60.7 Å². The lowest BCUT2D eigenvalue weighted by molar-refractivity contribution is -0.138. The lowest BCUT2D eigenvalue weighted by Gasteiger charge is -2.31. The molecule has 308 valence electrons. The van der Waals surface area contributed by atoms with Crippen molar-refractivity contribution in [3.05, 3.63) is 59.4 Å². The summed E-state index contributed by atoms with van der Waals surface area (Å²) in [6.45, 7) is 7.84. The first-order valence-electron chi connectivity index (χ1n) is 20.0. The SMILES string of the molecule is COCN[C@H](C(=O)N1CCC[C@H]1c1ncc(-c2cc3c4c(c2)OCc2cc(-c5cnc([C@@H]6CCCN6C(=O)[C@@H](NC(=O)OC)C(C)C)[nH]5)cc(c2-4)OC3)[nH]1)[C@@H](C)OC. The number of hydrogen-bond acceptors (Lipinski definition) is 11. The van der Waals surface area contributed by atoms with E-state index in [1.807, 2.05) is 44.0 Å². The number of hydrogen-bond donors (Lipinski definition) is 4. The van der Waals surface area contributed by atoms with Gasteiger partial charge in [-0.1, -0.05) is 13.8 Å². The van der Waals surface area contributed by atoms with Crippen molar-refractivity contribution < 1.29 is 38.1 Å². The molecular formula is C42H52N8O8. The van der Waals surface area contributed by atoms with Crippen molar-refractivity contribution >= 4 is 17.9 Å². The summed E-state index contributed by atoms with van der Waals surface area (Å²) in [5, 5.41) is 5.87. The Hall–Kier alpha value is -5.45. The van der Waals surface area contributed by atoms with Crippen LogP contribution in [-0.4, -0.2) is 107 Å². The highest BCUT2D eigenvalue weighted by Gasteiger charge is 2.39. The number of benzene rings is 2. The summed E-state index contributed by atoms with van der Waals surface area (Å²) >= 11 is 0. The number of ether oxygens (including phenoxy) is 5. The van der Waals surface area contributed by atoms with Crippen molar-refractivity contribution in [3.63, 3.8) is 0 Å². The summed E-state index contributed by atoms with van der Waals surface area (Å²) in [5.41, 5.74) is 7.54. The number of carbonyl (C=O) groups excluding carboxylic acids is 3. The molecule has 0 aliphatic carbocycles. The molecule has 58 heavy (non-hydrogen) atoms. The second-order valence-electron chi connectivity index (χ2n) is 15.8. The van der Waals surface area contributed by atoms with Crippen LogP contribution < -0.4 is 20.1 Å². The van der Waals surface area contributed by atoms with Crippen LogP contribution in [0.15, 0.2) is 36.7 Å². The minimum atomic E-state index is -0.706. The Morgan fingerprint density at radius 1 is 0.793 bits per heavy atom. The van der Waals surface area contributed by atoms with E-state index < -0.39 is 18.2 Å². The first-order chi connectivity index (χ1) is 28.1. The number of nitrogens with zero attached hydrogens (tertiary/aromatic N) is 4. The van der Waals surface area contributed by atoms with E-state index in [4.69, 9.17) is 33.7 Å². The van der Waals surface area contributed by atoms with Gasteiger partial charge in [-0.2, -0.15) is 0 Å². The van der Waals surface area contributed by atoms with Gasteiger partial charge in [0.2, 0.25) is 11.8 Å². The third-order valence-electron chi connectivity index (χ3n) is 11.8. The highest BCUT2D eigenvalue weighted by molar-refractivity contribution is 5.89. The van der Waals surface area contributed by atoms with E-state index in [2.05, 4.69) is 32.7 Å². The Kier molecular flexibility index (Phi) is 11.2. The fraction of sp³-hybridized carbons (Fsp3) is 0.500. The minimum absolute atomic E-state index is 0.0419. The Bertz CT molecular complexity index is 2130. The average Bonchev–Trinajstić information content (AvgIpc) is 4.08. The summed E-state index contributed by atoms with van der Waals surface area (Å²) in [5.74, 6) is 2.68. The van der Waals surface area contributed by atoms with Crippen molar-refractivity contribution in [2.45, 2.75) is 89.9 Å². The number of imidazole rings is 2. The van der Waals surface area contributed by atoms with Crippen LogP contribution in [0.5, 0.6) is 11.5 Å². The molecule has 4 aliphatic heterocycles. The zero-order valence-electron chi connectivity index (χ0n) is 33.8. The molecule has 2 aromatic heterocycles. The van der Waals surface area contributed by atoms with Crippen LogP contribution in [0.25, 0.3) is 33.6 Å². The average molecular weight is 797 g/mol. The zero-order chi connectivity index (χ0) is 40.7. The van der Waals surface area contributed by atoms with Crippen LogP contribution in [-0.2, 0) is 37.0 Å². The second-order valence-corrected chi connectivity index (χ2v) is 15.8. The lowest BCUT2D eigenvalue weighted by atomic mass is 9.87. The van der Waals surface area contributed by atoms with Crippen LogP contribution in [0, 0.1) is 5.92 Å². The van der Waals surface area contributed by atoms with Crippen LogP contribution in [0.2, 0.25) is 0 Å². The Morgan fingerprint density at radius 3 is 1.78 bits per heavy atom. The van der Waals surface area contributed by atoms with E-state index in [1.54, 1.807) is 25.3 Å². The number of alkyl carbamates (subject to hydrolysis) is 1. The first-order valence-corrected chi connectivity index (χ1v) is 20.0. The largest absolute Gasteiger partial charge is 0.488 e. The highest BCUT2D eigenvalue weighted by atomic mass is 16.5. The first kappa shape index (κ1) is 39.4. The van der Waals surface area contributed by atoms with Gasteiger partial charge < -0.3 is 48.8 Å². The molecule has 0 spiro atoms. The summed E-state index contributed by atoms with van der Waals surface area (Å²) in [7, 11) is 4.48. The summed E-state index contributed by atoms with van der Waals surface area (Å²) < 4.78 is 28.4. The van der Waals surface area contributed by atoms with Crippen LogP contribution in [0.1, 0.15) is 81.3 Å². The van der Waals surface area contributed by atoms with Crippen molar-refractivity contribution in [1.29, 1.82) is 0 Å². The van der Waals surface area contributed by atoms with E-state index in [0.717, 1.165) is 87.8 Å². The second kappa shape index (κ2) is 16.4. The topological polar surface area (TPSA) is 185 Å². The Morgan fingerprint density at radius 2 is 1.31 bits per heavy atom. The van der Waals surface area contributed by atoms with Gasteiger partial charge in [0.15, 0.2) is 0 Å². The van der Waals surface area contributed by atoms with E-state index in [0.29, 0.717) is 32.1 Å². The van der Waals surface area contributed by atoms with Gasteiger partial charge in [-0.15, -0.1) is 0 Å². The number of aromatic amines is 2. The van der Waals surface area contributed by atoms with E-state index in [9.17, 15) is 14.4 Å². The molecular weight excluding hydrogens is 745 g/mol. The van der Waals surface area contributed by atoms with Crippen LogP contribution in [0.4, 0.5) is 4.79 Å². The fourth-order valence-electron chi connectivity index (χ4n) is 8.75. The Labute approximate surface area is 337 Å². The number of methoxy groups -OCH3 is 3. The smallest absolute Gasteiger partial charge is 0.407 e. The molecule has 3 amide bonds. The van der Waals surface area contributed by atoms with Crippen molar-refractivity contribution in [2.75, 3.05) is 41.1 Å². The zero-order valence-corrected chi connectivity index (χ0v) is 33.8. The monoisotopic (exact) mass is 796 g/mol. The van der Waals surface area contributed by atoms with Crippen LogP contribution >= 0.6 is 0 Å². The molecule has 2 fully saturated rings. The van der Waals surface area contributed by atoms with Gasteiger partial charge in [0.1, 0.15) is 48.4 Å². The molecule has 0 bridgehead atoms. The molecule has 0 unspecified atom stereocenters. The van der Waals surface area contributed by atoms with E-state index >= 15 is 0 Å². The number of amides is 3. The molecule has 0 radical (unpaired) electrons. The van der Waals surface area contributed by atoms with Crippen LogP contribution in [0.3, 0.4) is 0 Å². The highest BCUT2D eigenvalue weighted by Crippen LogP contribution is 2.51. The maximum Gasteiger partial charge on any atom is 0.407 e. The third kappa shape index (κ3) is 7.28. The van der Waals surface area contributed by atoms with Crippen molar-refractivity contribution in [1.82, 2.24) is 40.4 Å². The minimum Gasteiger partial charge on any atom is -0.488 e. The predicted molar refractivity (Wildman–Crippen MR) is 213 cm³/mol. The summed E-state index contributed by atoms with van der Waals surface area (Å²) in [6.07, 6.45) is 5.92. The summed E-state index contributed by atoms with van der Waals surface area (Å²) in [4.78, 5) is 59.7. The molecule has 4 aromatic rings. The van der Waals surface area contributed by atoms with Gasteiger partial charge >= 0.3 is 6.09 Å². The van der Waals surface area contributed by atoms with Gasteiger partial charge in [-0.05, 0) is 62.8 Å². The van der Waals surface area contributed by atoms with Crippen molar-refractivity contribution in [3.8, 4) is 45.1 Å². The maximum absolute atomic E-state index is 13.8. The molecule has 4 N–H and O–H groups in total. The molecule has 0 saturated carbocycles. The van der Waals surface area contributed by atoms with E-state index in [-0.39, 0.29) is 42.7 Å². The third-order valence-corrected chi connectivity index (χ3v) is 11.8. The van der Waals surface area contributed by atoms with Crippen molar-refractivity contribution in [2.24, 2.45) is 5.92 Å². The number of rotatable bonds is 13. The van der Waals surface area contributed by atoms with Gasteiger partial charge in [0.25, 0.3) is 0 Å². The number of carbonyl (C=O) groups is 3.